The average molecular weight is 302 g/mol. The van der Waals surface area contributed by atoms with Crippen molar-refractivity contribution in [1.29, 1.82) is 0 Å². The predicted molar refractivity (Wildman–Crippen MR) is 83.3 cm³/mol. The smallest absolute Gasteiger partial charge is 0.196 e. The SMILES string of the molecule is CCC(N)C(Sc1nnc2ccccn12)c1ccc(C)o1. The Morgan fingerprint density at radius 2 is 2.14 bits per heavy atom. The lowest BCUT2D eigenvalue weighted by atomic mass is 10.1. The van der Waals surface area contributed by atoms with Crippen LogP contribution in [0.15, 0.2) is 46.1 Å². The van der Waals surface area contributed by atoms with E-state index in [0.29, 0.717) is 0 Å². The van der Waals surface area contributed by atoms with Crippen LogP contribution in [-0.4, -0.2) is 20.6 Å². The second-order valence-electron chi connectivity index (χ2n) is 4.97. The van der Waals surface area contributed by atoms with Gasteiger partial charge in [-0.05, 0) is 37.6 Å². The second kappa shape index (κ2) is 5.91. The monoisotopic (exact) mass is 302 g/mol. The number of furan rings is 1. The maximum Gasteiger partial charge on any atom is 0.196 e. The Morgan fingerprint density at radius 3 is 2.86 bits per heavy atom. The molecule has 0 saturated carbocycles. The van der Waals surface area contributed by atoms with Crippen LogP contribution in [-0.2, 0) is 0 Å². The molecule has 21 heavy (non-hydrogen) atoms. The van der Waals surface area contributed by atoms with Gasteiger partial charge < -0.3 is 10.2 Å². The summed E-state index contributed by atoms with van der Waals surface area (Å²) in [5.41, 5.74) is 7.11. The molecule has 0 aliphatic rings. The van der Waals surface area contributed by atoms with E-state index in [2.05, 4.69) is 17.1 Å². The first-order valence-electron chi connectivity index (χ1n) is 6.97. The van der Waals surface area contributed by atoms with Crippen molar-refractivity contribution in [2.45, 2.75) is 36.7 Å². The summed E-state index contributed by atoms with van der Waals surface area (Å²) >= 11 is 1.59. The van der Waals surface area contributed by atoms with Crippen LogP contribution in [0.1, 0.15) is 30.1 Å². The fraction of sp³-hybridized carbons (Fsp3) is 0.333. The quantitative estimate of drug-likeness (QED) is 0.733. The van der Waals surface area contributed by atoms with Crippen molar-refractivity contribution >= 4 is 17.4 Å². The van der Waals surface area contributed by atoms with Crippen LogP contribution < -0.4 is 5.73 Å². The molecule has 0 aliphatic carbocycles. The molecule has 3 rings (SSSR count). The Morgan fingerprint density at radius 1 is 1.29 bits per heavy atom. The maximum atomic E-state index is 6.28. The van der Waals surface area contributed by atoms with E-state index in [1.54, 1.807) is 11.8 Å². The third kappa shape index (κ3) is 2.82. The van der Waals surface area contributed by atoms with E-state index >= 15 is 0 Å². The van der Waals surface area contributed by atoms with Crippen molar-refractivity contribution < 1.29 is 4.42 Å². The summed E-state index contributed by atoms with van der Waals surface area (Å²) in [5, 5.41) is 9.29. The molecule has 3 aromatic rings. The second-order valence-corrected chi connectivity index (χ2v) is 6.08. The van der Waals surface area contributed by atoms with Gasteiger partial charge in [0.2, 0.25) is 0 Å². The van der Waals surface area contributed by atoms with Gasteiger partial charge >= 0.3 is 0 Å². The van der Waals surface area contributed by atoms with Crippen LogP contribution in [0, 0.1) is 6.92 Å². The Kier molecular flexibility index (Phi) is 3.98. The molecule has 0 saturated heterocycles. The number of thioether (sulfide) groups is 1. The first-order valence-corrected chi connectivity index (χ1v) is 7.85. The number of hydrogen-bond donors (Lipinski definition) is 1. The molecule has 2 N–H and O–H groups in total. The van der Waals surface area contributed by atoms with E-state index in [9.17, 15) is 0 Å². The summed E-state index contributed by atoms with van der Waals surface area (Å²) in [6.45, 7) is 4.02. The van der Waals surface area contributed by atoms with Gasteiger partial charge in [-0.3, -0.25) is 4.40 Å². The molecule has 6 heteroatoms. The minimum absolute atomic E-state index is 0.00314. The van der Waals surface area contributed by atoms with E-state index in [-0.39, 0.29) is 11.3 Å². The van der Waals surface area contributed by atoms with Crippen molar-refractivity contribution in [3.8, 4) is 0 Å². The number of fused-ring (bicyclic) bond motifs is 1. The minimum Gasteiger partial charge on any atom is -0.465 e. The van der Waals surface area contributed by atoms with Crippen LogP contribution >= 0.6 is 11.8 Å². The molecule has 110 valence electrons. The lowest BCUT2D eigenvalue weighted by Gasteiger charge is -2.19. The molecule has 0 amide bonds. The van der Waals surface area contributed by atoms with Gasteiger partial charge in [0, 0.05) is 12.2 Å². The summed E-state index contributed by atoms with van der Waals surface area (Å²) in [5.74, 6) is 1.78. The highest BCUT2D eigenvalue weighted by Gasteiger charge is 2.25. The summed E-state index contributed by atoms with van der Waals surface area (Å²) in [6, 6.07) is 9.80. The third-order valence-corrected chi connectivity index (χ3v) is 4.74. The predicted octanol–water partition coefficient (Wildman–Crippen LogP) is 3.20. The zero-order valence-electron chi connectivity index (χ0n) is 12.1. The highest BCUT2D eigenvalue weighted by atomic mass is 32.2. The topological polar surface area (TPSA) is 69.3 Å². The summed E-state index contributed by atoms with van der Waals surface area (Å²) in [7, 11) is 0. The fourth-order valence-corrected chi connectivity index (χ4v) is 3.38. The van der Waals surface area contributed by atoms with E-state index in [1.807, 2.05) is 47.9 Å². The molecule has 0 aliphatic heterocycles. The van der Waals surface area contributed by atoms with Crippen molar-refractivity contribution in [1.82, 2.24) is 14.6 Å². The molecule has 0 aromatic carbocycles. The number of aromatic nitrogens is 3. The van der Waals surface area contributed by atoms with Crippen LogP contribution in [0.4, 0.5) is 0 Å². The van der Waals surface area contributed by atoms with E-state index in [4.69, 9.17) is 10.2 Å². The third-order valence-electron chi connectivity index (χ3n) is 3.42. The fourth-order valence-electron chi connectivity index (χ4n) is 2.19. The molecular formula is C15H18N4OS. The maximum absolute atomic E-state index is 6.28. The first kappa shape index (κ1) is 14.2. The van der Waals surface area contributed by atoms with Crippen molar-refractivity contribution in [2.75, 3.05) is 0 Å². The zero-order chi connectivity index (χ0) is 14.8. The van der Waals surface area contributed by atoms with Gasteiger partial charge in [-0.15, -0.1) is 10.2 Å². The van der Waals surface area contributed by atoms with Gasteiger partial charge in [-0.2, -0.15) is 0 Å². The minimum atomic E-state index is -0.00314. The first-order chi connectivity index (χ1) is 10.2. The molecule has 0 radical (unpaired) electrons. The molecule has 3 heterocycles. The largest absolute Gasteiger partial charge is 0.465 e. The van der Waals surface area contributed by atoms with Crippen molar-refractivity contribution in [2.24, 2.45) is 5.73 Å². The van der Waals surface area contributed by atoms with Gasteiger partial charge in [0.05, 0.1) is 5.25 Å². The van der Waals surface area contributed by atoms with Crippen LogP contribution in [0.3, 0.4) is 0 Å². The van der Waals surface area contributed by atoms with E-state index < -0.39 is 0 Å². The zero-order valence-corrected chi connectivity index (χ0v) is 12.9. The lowest BCUT2D eigenvalue weighted by molar-refractivity contribution is 0.454. The number of nitrogens with two attached hydrogens (primary N) is 1. The highest BCUT2D eigenvalue weighted by molar-refractivity contribution is 7.99. The Labute approximate surface area is 127 Å². The number of aryl methyl sites for hydroxylation is 1. The van der Waals surface area contributed by atoms with Crippen LogP contribution in [0.2, 0.25) is 0 Å². The van der Waals surface area contributed by atoms with E-state index in [0.717, 1.165) is 28.7 Å². The average Bonchev–Trinajstić information content (AvgIpc) is 3.10. The number of hydrogen-bond acceptors (Lipinski definition) is 5. The molecule has 0 spiro atoms. The summed E-state index contributed by atoms with van der Waals surface area (Å²) < 4.78 is 7.74. The van der Waals surface area contributed by atoms with Crippen LogP contribution in [0.25, 0.3) is 5.65 Å². The lowest BCUT2D eigenvalue weighted by Crippen LogP contribution is -2.25. The van der Waals surface area contributed by atoms with Gasteiger partial charge in [0.15, 0.2) is 10.8 Å². The molecule has 2 unspecified atom stereocenters. The Bertz CT molecular complexity index is 736. The number of nitrogens with zero attached hydrogens (tertiary/aromatic N) is 3. The number of pyridine rings is 1. The van der Waals surface area contributed by atoms with Gasteiger partial charge in [-0.1, -0.05) is 24.8 Å². The van der Waals surface area contributed by atoms with Crippen molar-refractivity contribution in [3.63, 3.8) is 0 Å². The molecule has 2 atom stereocenters. The van der Waals surface area contributed by atoms with Crippen LogP contribution in [0.5, 0.6) is 0 Å². The van der Waals surface area contributed by atoms with Gasteiger partial charge in [0.25, 0.3) is 0 Å². The normalized spacial score (nSPS) is 14.4. The highest BCUT2D eigenvalue weighted by Crippen LogP contribution is 2.38. The summed E-state index contributed by atoms with van der Waals surface area (Å²) in [6.07, 6.45) is 2.83. The molecule has 0 fully saturated rings. The van der Waals surface area contributed by atoms with Crippen molar-refractivity contribution in [3.05, 3.63) is 48.0 Å². The molecule has 0 bridgehead atoms. The Hall–Kier alpha value is -1.79. The van der Waals surface area contributed by atoms with E-state index in [1.165, 1.54) is 0 Å². The summed E-state index contributed by atoms with van der Waals surface area (Å²) in [4.78, 5) is 0. The standard InChI is InChI=1S/C15H18N4OS/c1-3-11(16)14(12-8-7-10(2)20-12)21-15-18-17-13-6-4-5-9-19(13)15/h4-9,11,14H,3,16H2,1-2H3. The number of rotatable bonds is 5. The molecule has 5 nitrogen and oxygen atoms in total. The van der Waals surface area contributed by atoms with Gasteiger partial charge in [0.1, 0.15) is 11.5 Å². The Balaban J connectivity index is 1.94. The molecular weight excluding hydrogens is 284 g/mol. The molecule has 3 aromatic heterocycles. The van der Waals surface area contributed by atoms with Gasteiger partial charge in [-0.25, -0.2) is 0 Å².